The molecule has 4 rings (SSSR count). The number of hydrogen-bond donors (Lipinski definition) is 2. The summed E-state index contributed by atoms with van der Waals surface area (Å²) in [5.74, 6) is -0.521. The van der Waals surface area contributed by atoms with E-state index in [2.05, 4.69) is 11.7 Å². The summed E-state index contributed by atoms with van der Waals surface area (Å²) in [4.78, 5) is 23.9. The first kappa shape index (κ1) is 21.1. The lowest BCUT2D eigenvalue weighted by atomic mass is 10.1. The molecule has 0 spiro atoms. The molecule has 32 heavy (non-hydrogen) atoms. The number of furan rings is 1. The van der Waals surface area contributed by atoms with Gasteiger partial charge in [0.15, 0.2) is 0 Å². The lowest BCUT2D eigenvalue weighted by Crippen LogP contribution is -2.33. The second kappa shape index (κ2) is 7.84. The Morgan fingerprint density at radius 1 is 1.12 bits per heavy atom. The molecule has 10 heteroatoms. The van der Waals surface area contributed by atoms with Gasteiger partial charge in [-0.2, -0.15) is 0 Å². The van der Waals surface area contributed by atoms with Crippen LogP contribution in [0.5, 0.6) is 0 Å². The number of nitrogens with two attached hydrogens (primary N) is 1. The van der Waals surface area contributed by atoms with E-state index < -0.39 is 21.6 Å². The minimum Gasteiger partial charge on any atom is -0.545 e. The quantitative estimate of drug-likeness (QED) is 0.425. The number of carbonyl (C=O) groups is 1. The average Bonchev–Trinajstić information content (AvgIpc) is 3.34. The molecule has 0 aliphatic rings. The number of aromatic amines is 1. The summed E-state index contributed by atoms with van der Waals surface area (Å²) < 4.78 is 29.8. The molecular formula is C22H16N3O6S-. The molecule has 0 saturated heterocycles. The van der Waals surface area contributed by atoms with E-state index in [9.17, 15) is 23.1 Å². The van der Waals surface area contributed by atoms with E-state index in [4.69, 9.17) is 9.56 Å². The van der Waals surface area contributed by atoms with Gasteiger partial charge in [-0.3, -0.25) is 9.89 Å². The standard InChI is InChI=1S/C22H17N3O6S/c1-13-19(21(26)25(24-13)16-5-8-18(9-6-16)32(23,29)30)12-17-7-10-20(31-17)14-3-2-4-15(11-14)22(27)28/h2-12,24H,1H2,(H,27,28)(H2,23,29,30)/p-1/b19-12-. The highest BCUT2D eigenvalue weighted by molar-refractivity contribution is 7.89. The fraction of sp³-hybridized carbons (Fsp3) is 0. The van der Waals surface area contributed by atoms with Crippen molar-refractivity contribution < 1.29 is 22.7 Å². The minimum absolute atomic E-state index is 0.0199. The Balaban J connectivity index is 1.72. The van der Waals surface area contributed by atoms with Gasteiger partial charge in [0.1, 0.15) is 11.5 Å². The predicted octanol–water partition coefficient (Wildman–Crippen LogP) is -0.324. The third-order valence-electron chi connectivity index (χ3n) is 4.73. The number of carbonyl (C=O) groups excluding carboxylic acids is 1. The van der Waals surface area contributed by atoms with Crippen LogP contribution in [0.1, 0.15) is 16.1 Å². The van der Waals surface area contributed by atoms with Gasteiger partial charge < -0.3 is 14.3 Å². The monoisotopic (exact) mass is 450 g/mol. The van der Waals surface area contributed by atoms with Gasteiger partial charge in [0.2, 0.25) is 10.0 Å². The second-order valence-corrected chi connectivity index (χ2v) is 8.46. The number of nitrogens with one attached hydrogen (secondary N) is 1. The van der Waals surface area contributed by atoms with Crippen LogP contribution in [0.25, 0.3) is 29.7 Å². The van der Waals surface area contributed by atoms with Crippen molar-refractivity contribution in [3.05, 3.63) is 92.9 Å². The summed E-state index contributed by atoms with van der Waals surface area (Å²) in [6, 6.07) is 14.9. The van der Waals surface area contributed by atoms with Crippen LogP contribution in [0, 0.1) is 0 Å². The van der Waals surface area contributed by atoms with Gasteiger partial charge in [0.25, 0.3) is 5.56 Å². The van der Waals surface area contributed by atoms with E-state index in [1.807, 2.05) is 0 Å². The lowest BCUT2D eigenvalue weighted by Gasteiger charge is -2.03. The molecule has 2 aromatic carbocycles. The molecule has 4 aromatic rings. The second-order valence-electron chi connectivity index (χ2n) is 6.90. The van der Waals surface area contributed by atoms with Crippen LogP contribution in [-0.2, 0) is 10.0 Å². The summed E-state index contributed by atoms with van der Waals surface area (Å²) in [5, 5.41) is 19.6. The third-order valence-corrected chi connectivity index (χ3v) is 5.65. The van der Waals surface area contributed by atoms with Crippen LogP contribution in [0.3, 0.4) is 0 Å². The van der Waals surface area contributed by atoms with Crippen LogP contribution in [0.2, 0.25) is 0 Å². The molecule has 2 heterocycles. The fourth-order valence-corrected chi connectivity index (χ4v) is 3.65. The molecule has 3 N–H and O–H groups in total. The SMILES string of the molecule is C=c1[nH]n(-c2ccc(S(N)(=O)=O)cc2)c(=O)/c1=C\c1ccc(-c2cccc(C(=O)[O-])c2)o1. The van der Waals surface area contributed by atoms with Crippen LogP contribution >= 0.6 is 0 Å². The number of primary sulfonamides is 1. The molecule has 0 unspecified atom stereocenters. The number of benzene rings is 2. The molecule has 9 nitrogen and oxygen atoms in total. The van der Waals surface area contributed by atoms with Crippen LogP contribution < -0.4 is 26.4 Å². The Morgan fingerprint density at radius 2 is 1.84 bits per heavy atom. The Hall–Kier alpha value is -4.15. The van der Waals surface area contributed by atoms with Gasteiger partial charge >= 0.3 is 0 Å². The Labute approximate surface area is 181 Å². The predicted molar refractivity (Wildman–Crippen MR) is 115 cm³/mol. The molecule has 162 valence electrons. The molecule has 2 aromatic heterocycles. The summed E-state index contributed by atoms with van der Waals surface area (Å²) in [6.45, 7) is 3.84. The number of nitrogens with zero attached hydrogens (tertiary/aromatic N) is 1. The zero-order valence-corrected chi connectivity index (χ0v) is 17.3. The first-order valence-electron chi connectivity index (χ1n) is 9.20. The lowest BCUT2D eigenvalue weighted by molar-refractivity contribution is -0.255. The maximum atomic E-state index is 12.9. The number of aromatic nitrogens is 2. The Morgan fingerprint density at radius 3 is 2.50 bits per heavy atom. The maximum Gasteiger partial charge on any atom is 0.279 e. The summed E-state index contributed by atoms with van der Waals surface area (Å²) >= 11 is 0. The molecule has 0 amide bonds. The fourth-order valence-electron chi connectivity index (χ4n) is 3.14. The van der Waals surface area contributed by atoms with Crippen molar-refractivity contribution in [3.63, 3.8) is 0 Å². The van der Waals surface area contributed by atoms with E-state index in [0.29, 0.717) is 28.1 Å². The smallest absolute Gasteiger partial charge is 0.279 e. The van der Waals surface area contributed by atoms with Crippen LogP contribution in [-0.4, -0.2) is 24.2 Å². The van der Waals surface area contributed by atoms with Crippen molar-refractivity contribution in [2.45, 2.75) is 4.90 Å². The van der Waals surface area contributed by atoms with Gasteiger partial charge in [-0.25, -0.2) is 18.2 Å². The number of rotatable bonds is 5. The molecule has 0 aliphatic carbocycles. The van der Waals surface area contributed by atoms with Gasteiger partial charge in [0, 0.05) is 5.56 Å². The highest BCUT2D eigenvalue weighted by Gasteiger charge is 2.10. The van der Waals surface area contributed by atoms with E-state index >= 15 is 0 Å². The van der Waals surface area contributed by atoms with Crippen molar-refractivity contribution >= 4 is 28.6 Å². The van der Waals surface area contributed by atoms with Crippen molar-refractivity contribution in [1.29, 1.82) is 0 Å². The first-order chi connectivity index (χ1) is 15.1. The number of H-pyrrole nitrogens is 1. The Bertz CT molecular complexity index is 1610. The minimum atomic E-state index is -3.85. The van der Waals surface area contributed by atoms with Gasteiger partial charge in [-0.15, -0.1) is 0 Å². The number of hydrogen-bond acceptors (Lipinski definition) is 6. The molecule has 0 fully saturated rings. The summed E-state index contributed by atoms with van der Waals surface area (Å²) in [7, 11) is -3.85. The summed E-state index contributed by atoms with van der Waals surface area (Å²) in [5.41, 5.74) is 0.538. The van der Waals surface area contributed by atoms with Crippen molar-refractivity contribution in [2.24, 2.45) is 5.14 Å². The van der Waals surface area contributed by atoms with E-state index in [1.165, 1.54) is 47.2 Å². The van der Waals surface area contributed by atoms with Crippen molar-refractivity contribution in [3.8, 4) is 17.0 Å². The van der Waals surface area contributed by atoms with E-state index in [1.54, 1.807) is 24.3 Å². The number of sulfonamides is 1. The molecule has 0 atom stereocenters. The molecular weight excluding hydrogens is 434 g/mol. The van der Waals surface area contributed by atoms with Crippen molar-refractivity contribution in [1.82, 2.24) is 9.78 Å². The first-order valence-corrected chi connectivity index (χ1v) is 10.7. The topological polar surface area (TPSA) is 151 Å². The zero-order valence-electron chi connectivity index (χ0n) is 16.4. The Kier molecular flexibility index (Phi) is 5.17. The van der Waals surface area contributed by atoms with Crippen LogP contribution in [0.15, 0.2) is 74.8 Å². The van der Waals surface area contributed by atoms with Crippen molar-refractivity contribution in [2.75, 3.05) is 0 Å². The van der Waals surface area contributed by atoms with Gasteiger partial charge in [0.05, 0.1) is 27.1 Å². The zero-order chi connectivity index (χ0) is 23.0. The maximum absolute atomic E-state index is 12.9. The van der Waals surface area contributed by atoms with E-state index in [0.717, 1.165) is 0 Å². The average molecular weight is 450 g/mol. The molecule has 0 aliphatic heterocycles. The van der Waals surface area contributed by atoms with Gasteiger partial charge in [-0.1, -0.05) is 24.8 Å². The molecule has 0 bridgehead atoms. The number of carboxylic acid groups (broad SMARTS) is 1. The van der Waals surface area contributed by atoms with Crippen LogP contribution in [0.4, 0.5) is 0 Å². The van der Waals surface area contributed by atoms with Gasteiger partial charge in [-0.05, 0) is 54.1 Å². The highest BCUT2D eigenvalue weighted by Crippen LogP contribution is 2.23. The number of carboxylic acids is 1. The largest absolute Gasteiger partial charge is 0.545 e. The normalized spacial score (nSPS) is 12.2. The number of aromatic carboxylic acids is 1. The summed E-state index contributed by atoms with van der Waals surface area (Å²) in [6.07, 6.45) is 1.50. The van der Waals surface area contributed by atoms with E-state index in [-0.39, 0.29) is 15.7 Å². The third kappa shape index (κ3) is 4.04. The highest BCUT2D eigenvalue weighted by atomic mass is 32.2. The molecule has 0 saturated carbocycles. The molecule has 0 radical (unpaired) electrons.